The molecule has 0 aliphatic rings. The van der Waals surface area contributed by atoms with Crippen LogP contribution < -0.4 is 10.6 Å². The first-order chi connectivity index (χ1) is 13.2. The standard InChI is InChI=1S/C20H26N6S/c1-4-21-20(23-13-19-25-18(14-27-19)15(2)3)22-12-16-7-5-8-17(11-16)26-10-6-9-24-26/h5-11,14-15H,4,12-13H2,1-3H3,(H2,21,22,23). The van der Waals surface area contributed by atoms with E-state index in [9.17, 15) is 0 Å². The third-order valence-corrected chi connectivity index (χ3v) is 4.88. The van der Waals surface area contributed by atoms with Gasteiger partial charge in [0.05, 0.1) is 24.5 Å². The van der Waals surface area contributed by atoms with Crippen LogP contribution in [0.2, 0.25) is 0 Å². The number of nitrogens with zero attached hydrogens (tertiary/aromatic N) is 4. The number of hydrogen-bond donors (Lipinski definition) is 2. The van der Waals surface area contributed by atoms with Gasteiger partial charge in [-0.25, -0.2) is 14.7 Å². The average Bonchev–Trinajstić information content (AvgIpc) is 3.36. The van der Waals surface area contributed by atoms with Gasteiger partial charge < -0.3 is 10.6 Å². The highest BCUT2D eigenvalue weighted by molar-refractivity contribution is 7.09. The van der Waals surface area contributed by atoms with Gasteiger partial charge >= 0.3 is 0 Å². The van der Waals surface area contributed by atoms with E-state index in [1.54, 1.807) is 17.5 Å². The van der Waals surface area contributed by atoms with Crippen LogP contribution in [0.1, 0.15) is 43.0 Å². The fourth-order valence-electron chi connectivity index (χ4n) is 2.56. The number of hydrogen-bond acceptors (Lipinski definition) is 4. The molecule has 6 nitrogen and oxygen atoms in total. The topological polar surface area (TPSA) is 67.1 Å². The molecule has 0 aliphatic heterocycles. The van der Waals surface area contributed by atoms with Crippen molar-refractivity contribution >= 4 is 17.3 Å². The first-order valence-electron chi connectivity index (χ1n) is 9.21. The molecule has 2 heterocycles. The molecule has 1 aromatic carbocycles. The summed E-state index contributed by atoms with van der Waals surface area (Å²) < 4.78 is 1.85. The maximum absolute atomic E-state index is 4.70. The molecule has 0 fully saturated rings. The summed E-state index contributed by atoms with van der Waals surface area (Å²) in [5.74, 6) is 1.25. The summed E-state index contributed by atoms with van der Waals surface area (Å²) in [7, 11) is 0. The van der Waals surface area contributed by atoms with Crippen LogP contribution in [0.25, 0.3) is 5.69 Å². The Morgan fingerprint density at radius 1 is 1.26 bits per heavy atom. The molecule has 0 saturated carbocycles. The van der Waals surface area contributed by atoms with Crippen LogP contribution >= 0.6 is 11.3 Å². The molecule has 0 aliphatic carbocycles. The largest absolute Gasteiger partial charge is 0.357 e. The van der Waals surface area contributed by atoms with Gasteiger partial charge in [0.1, 0.15) is 5.01 Å². The molecule has 0 unspecified atom stereocenters. The van der Waals surface area contributed by atoms with Crippen molar-refractivity contribution in [2.75, 3.05) is 6.54 Å². The van der Waals surface area contributed by atoms with Crippen molar-refractivity contribution in [2.24, 2.45) is 4.99 Å². The Labute approximate surface area is 164 Å². The Morgan fingerprint density at radius 3 is 2.85 bits per heavy atom. The zero-order chi connectivity index (χ0) is 19.1. The lowest BCUT2D eigenvalue weighted by Crippen LogP contribution is -2.36. The van der Waals surface area contributed by atoms with Crippen LogP contribution in [-0.2, 0) is 13.1 Å². The summed E-state index contributed by atoms with van der Waals surface area (Å²) in [5.41, 5.74) is 3.32. The van der Waals surface area contributed by atoms with E-state index in [0.29, 0.717) is 19.0 Å². The van der Waals surface area contributed by atoms with E-state index in [-0.39, 0.29) is 0 Å². The van der Waals surface area contributed by atoms with Gasteiger partial charge in [-0.3, -0.25) is 0 Å². The van der Waals surface area contributed by atoms with Crippen molar-refractivity contribution in [1.82, 2.24) is 25.4 Å². The minimum absolute atomic E-state index is 0.457. The number of benzene rings is 1. The summed E-state index contributed by atoms with van der Waals surface area (Å²) in [6, 6.07) is 10.2. The van der Waals surface area contributed by atoms with Crippen molar-refractivity contribution in [2.45, 2.75) is 39.8 Å². The molecule has 27 heavy (non-hydrogen) atoms. The van der Waals surface area contributed by atoms with Crippen LogP contribution in [-0.4, -0.2) is 27.3 Å². The van der Waals surface area contributed by atoms with Crippen LogP contribution in [0, 0.1) is 0 Å². The highest BCUT2D eigenvalue weighted by Crippen LogP contribution is 2.17. The van der Waals surface area contributed by atoms with E-state index >= 15 is 0 Å². The Morgan fingerprint density at radius 2 is 2.15 bits per heavy atom. The van der Waals surface area contributed by atoms with Crippen LogP contribution in [0.3, 0.4) is 0 Å². The molecule has 142 valence electrons. The number of aromatic nitrogens is 3. The monoisotopic (exact) mass is 382 g/mol. The lowest BCUT2D eigenvalue weighted by Gasteiger charge is -2.10. The molecule has 0 amide bonds. The summed E-state index contributed by atoms with van der Waals surface area (Å²) in [6.07, 6.45) is 3.72. The predicted octanol–water partition coefficient (Wildman–Crippen LogP) is 3.71. The third kappa shape index (κ3) is 5.40. The molecule has 3 aromatic rings. The van der Waals surface area contributed by atoms with Crippen LogP contribution in [0.4, 0.5) is 0 Å². The van der Waals surface area contributed by atoms with E-state index in [1.165, 1.54) is 0 Å². The maximum atomic E-state index is 4.70. The molecule has 0 saturated heterocycles. The van der Waals surface area contributed by atoms with Crippen molar-refractivity contribution < 1.29 is 0 Å². The summed E-state index contributed by atoms with van der Waals surface area (Å²) in [6.45, 7) is 8.48. The first kappa shape index (κ1) is 19.1. The molecule has 2 aromatic heterocycles. The highest BCUT2D eigenvalue weighted by Gasteiger charge is 2.06. The second-order valence-corrected chi connectivity index (χ2v) is 7.43. The lowest BCUT2D eigenvalue weighted by atomic mass is 10.2. The molecule has 0 bridgehead atoms. The van der Waals surface area contributed by atoms with Crippen molar-refractivity contribution in [3.05, 3.63) is 64.4 Å². The van der Waals surface area contributed by atoms with Gasteiger partial charge in [0.25, 0.3) is 0 Å². The van der Waals surface area contributed by atoms with E-state index in [0.717, 1.165) is 34.5 Å². The predicted molar refractivity (Wildman–Crippen MR) is 111 cm³/mol. The van der Waals surface area contributed by atoms with E-state index in [1.807, 2.05) is 29.1 Å². The zero-order valence-corrected chi connectivity index (χ0v) is 16.8. The highest BCUT2D eigenvalue weighted by atomic mass is 32.1. The summed E-state index contributed by atoms with van der Waals surface area (Å²) >= 11 is 1.69. The van der Waals surface area contributed by atoms with Crippen molar-refractivity contribution in [3.63, 3.8) is 0 Å². The van der Waals surface area contributed by atoms with Crippen LogP contribution in [0.15, 0.2) is 53.1 Å². The second kappa shape index (κ2) is 9.32. The van der Waals surface area contributed by atoms with Gasteiger partial charge in [0.15, 0.2) is 5.96 Å². The molecule has 0 spiro atoms. The lowest BCUT2D eigenvalue weighted by molar-refractivity contribution is 0.788. The summed E-state index contributed by atoms with van der Waals surface area (Å²) in [4.78, 5) is 9.37. The molecular formula is C20H26N6S. The SMILES string of the molecule is CCNC(=NCc1cccc(-n2cccn2)c1)NCc1nc(C(C)C)cs1. The second-order valence-electron chi connectivity index (χ2n) is 6.49. The Hall–Kier alpha value is -2.67. The number of guanidine groups is 1. The van der Waals surface area contributed by atoms with Gasteiger partial charge in [-0.15, -0.1) is 11.3 Å². The molecule has 0 radical (unpaired) electrons. The summed E-state index contributed by atoms with van der Waals surface area (Å²) in [5, 5.41) is 14.1. The smallest absolute Gasteiger partial charge is 0.191 e. The minimum Gasteiger partial charge on any atom is -0.357 e. The fraction of sp³-hybridized carbons (Fsp3) is 0.350. The Balaban J connectivity index is 1.64. The quantitative estimate of drug-likeness (QED) is 0.483. The van der Waals surface area contributed by atoms with Gasteiger partial charge in [-0.1, -0.05) is 26.0 Å². The van der Waals surface area contributed by atoms with E-state index < -0.39 is 0 Å². The molecule has 7 heteroatoms. The van der Waals surface area contributed by atoms with Gasteiger partial charge in [0, 0.05) is 24.3 Å². The number of rotatable bonds is 7. The number of nitrogens with one attached hydrogen (secondary N) is 2. The van der Waals surface area contributed by atoms with Crippen molar-refractivity contribution in [3.8, 4) is 5.69 Å². The fourth-order valence-corrected chi connectivity index (χ4v) is 3.46. The Kier molecular flexibility index (Phi) is 6.59. The van der Waals surface area contributed by atoms with Gasteiger partial charge in [0.2, 0.25) is 0 Å². The molecular weight excluding hydrogens is 356 g/mol. The van der Waals surface area contributed by atoms with Crippen LogP contribution in [0.5, 0.6) is 0 Å². The number of aliphatic imine (C=N–C) groups is 1. The first-order valence-corrected chi connectivity index (χ1v) is 10.1. The number of thiazole rings is 1. The van der Waals surface area contributed by atoms with Gasteiger partial charge in [-0.05, 0) is 36.6 Å². The molecule has 0 atom stereocenters. The van der Waals surface area contributed by atoms with Crippen molar-refractivity contribution in [1.29, 1.82) is 0 Å². The van der Waals surface area contributed by atoms with E-state index in [2.05, 4.69) is 59.0 Å². The normalized spacial score (nSPS) is 11.8. The maximum Gasteiger partial charge on any atom is 0.191 e. The molecule has 2 N–H and O–H groups in total. The van der Waals surface area contributed by atoms with E-state index in [4.69, 9.17) is 4.99 Å². The Bertz CT molecular complexity index is 866. The zero-order valence-electron chi connectivity index (χ0n) is 16.0. The molecule has 3 rings (SSSR count). The van der Waals surface area contributed by atoms with Gasteiger partial charge in [-0.2, -0.15) is 5.10 Å². The minimum atomic E-state index is 0.457. The third-order valence-electron chi connectivity index (χ3n) is 4.01. The average molecular weight is 383 g/mol.